The van der Waals surface area contributed by atoms with Crippen LogP contribution in [0.5, 0.6) is 0 Å². The molecule has 1 unspecified atom stereocenters. The van der Waals surface area contributed by atoms with Crippen LogP contribution < -0.4 is 5.32 Å². The molecule has 2 aromatic rings. The number of hydrogen-bond donors (Lipinski definition) is 1. The van der Waals surface area contributed by atoms with Gasteiger partial charge in [0.25, 0.3) is 0 Å². The molecule has 0 aliphatic carbocycles. The molecule has 1 N–H and O–H groups in total. The van der Waals surface area contributed by atoms with Crippen molar-refractivity contribution in [2.24, 2.45) is 0 Å². The van der Waals surface area contributed by atoms with Gasteiger partial charge >= 0.3 is 0 Å². The summed E-state index contributed by atoms with van der Waals surface area (Å²) in [6, 6.07) is 11.4. The zero-order valence-electron chi connectivity index (χ0n) is 10.4. The van der Waals surface area contributed by atoms with E-state index in [1.807, 2.05) is 23.1 Å². The molecule has 1 aromatic heterocycles. The van der Waals surface area contributed by atoms with E-state index in [1.165, 1.54) is 27.1 Å². The second kappa shape index (κ2) is 6.43. The van der Waals surface area contributed by atoms with Gasteiger partial charge in [0.05, 0.1) is 0 Å². The number of fused-ring (bicyclic) bond motifs is 1. The van der Waals surface area contributed by atoms with E-state index < -0.39 is 0 Å². The van der Waals surface area contributed by atoms with E-state index in [9.17, 15) is 0 Å². The molecule has 1 nitrogen and oxygen atoms in total. The van der Waals surface area contributed by atoms with E-state index in [2.05, 4.69) is 48.8 Å². The van der Waals surface area contributed by atoms with Crippen LogP contribution in [0, 0.1) is 0 Å². The van der Waals surface area contributed by atoms with Crippen molar-refractivity contribution in [3.8, 4) is 0 Å². The number of rotatable bonds is 6. The summed E-state index contributed by atoms with van der Waals surface area (Å²) in [5, 5.41) is 4.96. The monoisotopic (exact) mass is 265 g/mol. The second-order valence-corrected chi connectivity index (χ2v) is 6.31. The molecular formula is C14H19NS2. The van der Waals surface area contributed by atoms with Crippen LogP contribution >= 0.6 is 23.1 Å². The highest BCUT2D eigenvalue weighted by molar-refractivity contribution is 7.98. The highest BCUT2D eigenvalue weighted by Crippen LogP contribution is 2.29. The fraction of sp³-hybridized carbons (Fsp3) is 0.429. The maximum atomic E-state index is 3.59. The van der Waals surface area contributed by atoms with Crippen LogP contribution in [-0.2, 0) is 0 Å². The van der Waals surface area contributed by atoms with Crippen molar-refractivity contribution in [2.75, 3.05) is 18.6 Å². The standard InChI is InChI=1S/C14H19NS2/c1-11(15-8-5-9-16-2)14-10-12-6-3-4-7-13(12)17-14/h3-4,6-7,10-11,15H,5,8-9H2,1-2H3. The lowest BCUT2D eigenvalue weighted by atomic mass is 10.2. The highest BCUT2D eigenvalue weighted by Gasteiger charge is 2.08. The third-order valence-electron chi connectivity index (χ3n) is 2.85. The highest BCUT2D eigenvalue weighted by atomic mass is 32.2. The van der Waals surface area contributed by atoms with Gasteiger partial charge in [-0.15, -0.1) is 11.3 Å². The van der Waals surface area contributed by atoms with Crippen molar-refractivity contribution < 1.29 is 0 Å². The molecule has 0 radical (unpaired) electrons. The average molecular weight is 265 g/mol. The number of hydrogen-bond acceptors (Lipinski definition) is 3. The third-order valence-corrected chi connectivity index (χ3v) is 4.84. The first-order valence-electron chi connectivity index (χ1n) is 6.02. The zero-order valence-corrected chi connectivity index (χ0v) is 12.0. The maximum absolute atomic E-state index is 3.59. The van der Waals surface area contributed by atoms with Crippen LogP contribution in [-0.4, -0.2) is 18.6 Å². The lowest BCUT2D eigenvalue weighted by Crippen LogP contribution is -2.19. The fourth-order valence-electron chi connectivity index (χ4n) is 1.85. The largest absolute Gasteiger partial charge is 0.309 e. The second-order valence-electron chi connectivity index (χ2n) is 4.21. The molecule has 0 saturated carbocycles. The van der Waals surface area contributed by atoms with Gasteiger partial charge in [-0.2, -0.15) is 11.8 Å². The van der Waals surface area contributed by atoms with Crippen molar-refractivity contribution in [3.63, 3.8) is 0 Å². The molecule has 2 rings (SSSR count). The van der Waals surface area contributed by atoms with Crippen LogP contribution in [0.1, 0.15) is 24.3 Å². The van der Waals surface area contributed by atoms with Crippen molar-refractivity contribution in [1.29, 1.82) is 0 Å². The van der Waals surface area contributed by atoms with Crippen molar-refractivity contribution in [1.82, 2.24) is 5.32 Å². The van der Waals surface area contributed by atoms with E-state index in [4.69, 9.17) is 0 Å². The van der Waals surface area contributed by atoms with Crippen LogP contribution in [0.4, 0.5) is 0 Å². The normalized spacial score (nSPS) is 13.1. The summed E-state index contributed by atoms with van der Waals surface area (Å²) in [5.74, 6) is 1.24. The Balaban J connectivity index is 1.96. The summed E-state index contributed by atoms with van der Waals surface area (Å²) in [5.41, 5.74) is 0. The van der Waals surface area contributed by atoms with Crippen LogP contribution in [0.3, 0.4) is 0 Å². The molecule has 0 saturated heterocycles. The van der Waals surface area contributed by atoms with Crippen LogP contribution in [0.2, 0.25) is 0 Å². The first kappa shape index (κ1) is 12.9. The molecule has 0 amide bonds. The van der Waals surface area contributed by atoms with E-state index in [0.717, 1.165) is 6.54 Å². The maximum Gasteiger partial charge on any atom is 0.0386 e. The summed E-state index contributed by atoms with van der Waals surface area (Å²) >= 11 is 3.82. The van der Waals surface area contributed by atoms with Gasteiger partial charge in [0.15, 0.2) is 0 Å². The van der Waals surface area contributed by atoms with Gasteiger partial charge in [-0.1, -0.05) is 18.2 Å². The Bertz CT molecular complexity index is 431. The van der Waals surface area contributed by atoms with Crippen LogP contribution in [0.25, 0.3) is 10.1 Å². The summed E-state index contributed by atoms with van der Waals surface area (Å²) in [6.45, 7) is 3.36. The molecule has 92 valence electrons. The van der Waals surface area contributed by atoms with Crippen LogP contribution in [0.15, 0.2) is 30.3 Å². The summed E-state index contributed by atoms with van der Waals surface area (Å²) < 4.78 is 1.39. The molecule has 3 heteroatoms. The van der Waals surface area contributed by atoms with Gasteiger partial charge < -0.3 is 5.32 Å². The molecule has 1 aromatic carbocycles. The van der Waals surface area contributed by atoms with Gasteiger partial charge in [0.1, 0.15) is 0 Å². The smallest absolute Gasteiger partial charge is 0.0386 e. The molecule has 1 atom stereocenters. The predicted octanol–water partition coefficient (Wildman–Crippen LogP) is 4.31. The first-order valence-corrected chi connectivity index (χ1v) is 8.23. The molecule has 0 aliphatic heterocycles. The number of nitrogens with one attached hydrogen (secondary N) is 1. The first-order chi connectivity index (χ1) is 8.31. The summed E-state index contributed by atoms with van der Waals surface area (Å²) in [6.07, 6.45) is 3.41. The molecule has 17 heavy (non-hydrogen) atoms. The Morgan fingerprint density at radius 1 is 1.35 bits per heavy atom. The number of thiophene rings is 1. The Kier molecular flexibility index (Phi) is 4.89. The van der Waals surface area contributed by atoms with Gasteiger partial charge in [-0.3, -0.25) is 0 Å². The minimum atomic E-state index is 0.467. The average Bonchev–Trinajstić information content (AvgIpc) is 2.78. The topological polar surface area (TPSA) is 12.0 Å². The zero-order chi connectivity index (χ0) is 12.1. The van der Waals surface area contributed by atoms with E-state index in [1.54, 1.807) is 0 Å². The lowest BCUT2D eigenvalue weighted by molar-refractivity contribution is 0.580. The summed E-state index contributed by atoms with van der Waals surface area (Å²) in [7, 11) is 0. The molecule has 1 heterocycles. The minimum Gasteiger partial charge on any atom is -0.309 e. The minimum absolute atomic E-state index is 0.467. The van der Waals surface area contributed by atoms with Crippen molar-refractivity contribution >= 4 is 33.2 Å². The molecule has 0 bridgehead atoms. The third kappa shape index (κ3) is 3.47. The summed E-state index contributed by atoms with van der Waals surface area (Å²) in [4.78, 5) is 1.44. The van der Waals surface area contributed by atoms with Crippen molar-refractivity contribution in [2.45, 2.75) is 19.4 Å². The van der Waals surface area contributed by atoms with Gasteiger partial charge in [-0.05, 0) is 49.4 Å². The van der Waals surface area contributed by atoms with Crippen molar-refractivity contribution in [3.05, 3.63) is 35.2 Å². The number of thioether (sulfide) groups is 1. The van der Waals surface area contributed by atoms with E-state index in [-0.39, 0.29) is 0 Å². The van der Waals surface area contributed by atoms with Gasteiger partial charge in [0.2, 0.25) is 0 Å². The van der Waals surface area contributed by atoms with E-state index >= 15 is 0 Å². The Morgan fingerprint density at radius 3 is 2.94 bits per heavy atom. The molecular weight excluding hydrogens is 246 g/mol. The van der Waals surface area contributed by atoms with Gasteiger partial charge in [0, 0.05) is 15.6 Å². The fourth-order valence-corrected chi connectivity index (χ4v) is 3.38. The van der Waals surface area contributed by atoms with Gasteiger partial charge in [-0.25, -0.2) is 0 Å². The molecule has 0 fully saturated rings. The Labute approximate surface area is 112 Å². The molecule has 0 aliphatic rings. The quantitative estimate of drug-likeness (QED) is 0.781. The number of benzene rings is 1. The SMILES string of the molecule is CSCCCNC(C)c1cc2ccccc2s1. The Morgan fingerprint density at radius 2 is 2.18 bits per heavy atom. The molecule has 0 spiro atoms. The lowest BCUT2D eigenvalue weighted by Gasteiger charge is -2.11. The predicted molar refractivity (Wildman–Crippen MR) is 81.2 cm³/mol. The Hall–Kier alpha value is -0.510. The van der Waals surface area contributed by atoms with E-state index in [0.29, 0.717) is 6.04 Å².